The number of imidazole rings is 1. The normalized spacial score (nSPS) is 11.9. The Hall–Kier alpha value is -2.92. The number of nitrogens with one attached hydrogen (secondary N) is 1. The van der Waals surface area contributed by atoms with Crippen molar-refractivity contribution in [2.24, 2.45) is 7.05 Å². The average molecular weight is 335 g/mol. The molecule has 0 spiro atoms. The summed E-state index contributed by atoms with van der Waals surface area (Å²) in [6, 6.07) is 17.0. The Balaban J connectivity index is 1.89. The number of ether oxygens (including phenoxy) is 1. The molecule has 1 atom stereocenters. The molecule has 0 saturated heterocycles. The Morgan fingerprint density at radius 2 is 2.00 bits per heavy atom. The molecule has 3 rings (SSSR count). The van der Waals surface area contributed by atoms with Crippen molar-refractivity contribution in [3.05, 3.63) is 89.5 Å². The summed E-state index contributed by atoms with van der Waals surface area (Å²) in [5.74, 6) is 0.641. The topological polar surface area (TPSA) is 56.1 Å². The summed E-state index contributed by atoms with van der Waals surface area (Å²) in [5.41, 5.74) is 2.55. The molecule has 3 aromatic rings. The summed E-state index contributed by atoms with van der Waals surface area (Å²) < 4.78 is 7.06. The number of carbonyl (C=O) groups is 1. The molecule has 0 aliphatic heterocycles. The molecule has 2 aromatic carbocycles. The first kappa shape index (κ1) is 16.9. The van der Waals surface area contributed by atoms with Crippen LogP contribution in [0.2, 0.25) is 0 Å². The number of hydrogen-bond acceptors (Lipinski definition) is 3. The van der Waals surface area contributed by atoms with E-state index in [1.54, 1.807) is 19.4 Å². The predicted molar refractivity (Wildman–Crippen MR) is 96.1 cm³/mol. The largest absolute Gasteiger partial charge is 0.380 e. The van der Waals surface area contributed by atoms with Gasteiger partial charge < -0.3 is 14.6 Å². The van der Waals surface area contributed by atoms with Crippen LogP contribution in [-0.4, -0.2) is 22.6 Å². The van der Waals surface area contributed by atoms with Crippen LogP contribution in [0.5, 0.6) is 0 Å². The van der Waals surface area contributed by atoms with Gasteiger partial charge in [-0.2, -0.15) is 0 Å². The zero-order valence-corrected chi connectivity index (χ0v) is 14.3. The molecular weight excluding hydrogens is 314 g/mol. The van der Waals surface area contributed by atoms with Crippen LogP contribution in [0.3, 0.4) is 0 Å². The summed E-state index contributed by atoms with van der Waals surface area (Å²) in [7, 11) is 3.56. The Labute approximate surface area is 147 Å². The van der Waals surface area contributed by atoms with E-state index in [-0.39, 0.29) is 11.9 Å². The predicted octanol–water partition coefficient (Wildman–Crippen LogP) is 3.09. The lowest BCUT2D eigenvalue weighted by Gasteiger charge is -2.19. The molecule has 5 heteroatoms. The fourth-order valence-corrected chi connectivity index (χ4v) is 2.78. The summed E-state index contributed by atoms with van der Waals surface area (Å²) >= 11 is 0. The van der Waals surface area contributed by atoms with Gasteiger partial charge in [0, 0.05) is 32.1 Å². The molecule has 0 radical (unpaired) electrons. The van der Waals surface area contributed by atoms with E-state index in [1.807, 2.05) is 66.3 Å². The minimum Gasteiger partial charge on any atom is -0.380 e. The van der Waals surface area contributed by atoms with Gasteiger partial charge >= 0.3 is 0 Å². The molecule has 0 saturated carbocycles. The monoisotopic (exact) mass is 335 g/mol. The molecule has 0 aliphatic carbocycles. The molecular formula is C20H21N3O2. The maximum Gasteiger partial charge on any atom is 0.252 e. The lowest BCUT2D eigenvalue weighted by atomic mass is 10.0. The van der Waals surface area contributed by atoms with E-state index >= 15 is 0 Å². The van der Waals surface area contributed by atoms with E-state index in [4.69, 9.17) is 4.74 Å². The molecule has 128 valence electrons. The standard InChI is InChI=1S/C20H21N3O2/c1-23-12-11-21-19(23)18(16-8-4-3-5-9-16)22-20(24)17-10-6-7-15(13-17)14-25-2/h3-13,18H,14H2,1-2H3,(H,22,24)/t18-/m1/s1. The van der Waals surface area contributed by atoms with Gasteiger partial charge in [-0.3, -0.25) is 4.79 Å². The highest BCUT2D eigenvalue weighted by atomic mass is 16.5. The molecule has 0 fully saturated rings. The summed E-state index contributed by atoms with van der Waals surface area (Å²) in [6.45, 7) is 0.475. The molecule has 25 heavy (non-hydrogen) atoms. The number of aryl methyl sites for hydroxylation is 1. The lowest BCUT2D eigenvalue weighted by Crippen LogP contribution is -2.31. The Bertz CT molecular complexity index is 843. The van der Waals surface area contributed by atoms with Crippen LogP contribution in [0.1, 0.15) is 33.4 Å². The van der Waals surface area contributed by atoms with Crippen LogP contribution in [-0.2, 0) is 18.4 Å². The summed E-state index contributed by atoms with van der Waals surface area (Å²) in [4.78, 5) is 17.2. The van der Waals surface area contributed by atoms with Crippen molar-refractivity contribution < 1.29 is 9.53 Å². The Morgan fingerprint density at radius 3 is 2.68 bits per heavy atom. The van der Waals surface area contributed by atoms with Gasteiger partial charge in [0.25, 0.3) is 5.91 Å². The first-order valence-corrected chi connectivity index (χ1v) is 8.10. The van der Waals surface area contributed by atoms with Crippen molar-refractivity contribution in [1.82, 2.24) is 14.9 Å². The van der Waals surface area contributed by atoms with Gasteiger partial charge in [0.1, 0.15) is 11.9 Å². The second kappa shape index (κ2) is 7.77. The van der Waals surface area contributed by atoms with Crippen LogP contribution in [0.4, 0.5) is 0 Å². The minimum atomic E-state index is -0.320. The number of benzene rings is 2. The SMILES string of the molecule is COCc1cccc(C(=O)N[C@H](c2ccccc2)c2nccn2C)c1. The van der Waals surface area contributed by atoms with Crippen molar-refractivity contribution in [2.45, 2.75) is 12.6 Å². The van der Waals surface area contributed by atoms with Crippen LogP contribution in [0.15, 0.2) is 67.0 Å². The molecule has 1 amide bonds. The third kappa shape index (κ3) is 3.95. The molecule has 0 unspecified atom stereocenters. The van der Waals surface area contributed by atoms with Crippen molar-refractivity contribution >= 4 is 5.91 Å². The summed E-state index contributed by atoms with van der Waals surface area (Å²) in [5, 5.41) is 3.10. The van der Waals surface area contributed by atoms with E-state index in [1.165, 1.54) is 0 Å². The number of amides is 1. The van der Waals surface area contributed by atoms with E-state index in [0.29, 0.717) is 12.2 Å². The van der Waals surface area contributed by atoms with Crippen molar-refractivity contribution in [1.29, 1.82) is 0 Å². The van der Waals surface area contributed by atoms with Gasteiger partial charge in [0.2, 0.25) is 0 Å². The van der Waals surface area contributed by atoms with Gasteiger partial charge in [-0.25, -0.2) is 4.98 Å². The number of aromatic nitrogens is 2. The van der Waals surface area contributed by atoms with Gasteiger partial charge in [-0.05, 0) is 23.3 Å². The molecule has 1 aromatic heterocycles. The number of hydrogen-bond donors (Lipinski definition) is 1. The van der Waals surface area contributed by atoms with Crippen LogP contribution in [0.25, 0.3) is 0 Å². The Kier molecular flexibility index (Phi) is 5.26. The van der Waals surface area contributed by atoms with E-state index in [2.05, 4.69) is 10.3 Å². The van der Waals surface area contributed by atoms with E-state index < -0.39 is 0 Å². The highest BCUT2D eigenvalue weighted by molar-refractivity contribution is 5.94. The Morgan fingerprint density at radius 1 is 1.20 bits per heavy atom. The second-order valence-corrected chi connectivity index (χ2v) is 5.85. The molecule has 0 aliphatic rings. The zero-order chi connectivity index (χ0) is 17.6. The number of nitrogens with zero attached hydrogens (tertiary/aromatic N) is 2. The lowest BCUT2D eigenvalue weighted by molar-refractivity contribution is 0.0941. The van der Waals surface area contributed by atoms with E-state index in [9.17, 15) is 4.79 Å². The highest BCUT2D eigenvalue weighted by Crippen LogP contribution is 2.21. The first-order valence-electron chi connectivity index (χ1n) is 8.10. The zero-order valence-electron chi connectivity index (χ0n) is 14.3. The third-order valence-corrected chi connectivity index (χ3v) is 4.03. The fraction of sp³-hybridized carbons (Fsp3) is 0.200. The molecule has 1 N–H and O–H groups in total. The van der Waals surface area contributed by atoms with Crippen LogP contribution >= 0.6 is 0 Å². The number of carbonyl (C=O) groups excluding carboxylic acids is 1. The van der Waals surface area contributed by atoms with Crippen LogP contribution in [0, 0.1) is 0 Å². The number of rotatable bonds is 6. The minimum absolute atomic E-state index is 0.144. The quantitative estimate of drug-likeness (QED) is 0.753. The first-order chi connectivity index (χ1) is 12.2. The van der Waals surface area contributed by atoms with Gasteiger partial charge in [-0.15, -0.1) is 0 Å². The average Bonchev–Trinajstić information content (AvgIpc) is 3.06. The number of methoxy groups -OCH3 is 1. The van der Waals surface area contributed by atoms with Crippen molar-refractivity contribution in [3.8, 4) is 0 Å². The fourth-order valence-electron chi connectivity index (χ4n) is 2.78. The smallest absolute Gasteiger partial charge is 0.252 e. The molecule has 0 bridgehead atoms. The second-order valence-electron chi connectivity index (χ2n) is 5.85. The summed E-state index contributed by atoms with van der Waals surface area (Å²) in [6.07, 6.45) is 3.60. The van der Waals surface area contributed by atoms with Gasteiger partial charge in [0.05, 0.1) is 6.61 Å². The van der Waals surface area contributed by atoms with Gasteiger partial charge in [-0.1, -0.05) is 42.5 Å². The van der Waals surface area contributed by atoms with Crippen LogP contribution < -0.4 is 5.32 Å². The molecule has 1 heterocycles. The maximum absolute atomic E-state index is 12.8. The molecule has 5 nitrogen and oxygen atoms in total. The van der Waals surface area contributed by atoms with Crippen molar-refractivity contribution in [3.63, 3.8) is 0 Å². The van der Waals surface area contributed by atoms with Crippen molar-refractivity contribution in [2.75, 3.05) is 7.11 Å². The highest BCUT2D eigenvalue weighted by Gasteiger charge is 2.21. The third-order valence-electron chi connectivity index (χ3n) is 4.03. The van der Waals surface area contributed by atoms with E-state index in [0.717, 1.165) is 17.0 Å². The maximum atomic E-state index is 12.8. The van der Waals surface area contributed by atoms with Gasteiger partial charge in [0.15, 0.2) is 0 Å².